The highest BCUT2D eigenvalue weighted by Gasteiger charge is 2.19. The Morgan fingerprint density at radius 3 is 2.77 bits per heavy atom. The van der Waals surface area contributed by atoms with E-state index in [1.807, 2.05) is 12.1 Å². The molecule has 0 spiro atoms. The topological polar surface area (TPSA) is 45.2 Å². The molecule has 122 valence electrons. The summed E-state index contributed by atoms with van der Waals surface area (Å²) in [6.45, 7) is 9.22. The van der Waals surface area contributed by atoms with E-state index in [0.29, 0.717) is 6.61 Å². The largest absolute Gasteiger partial charge is 0.490 e. The first-order chi connectivity index (χ1) is 10.8. The molecular weight excluding hydrogens is 280 g/mol. The Kier molecular flexibility index (Phi) is 5.18. The lowest BCUT2D eigenvalue weighted by Crippen LogP contribution is -2.37. The Hall–Kier alpha value is -1.30. The van der Waals surface area contributed by atoms with Crippen molar-refractivity contribution in [3.05, 3.63) is 23.8 Å². The van der Waals surface area contributed by atoms with E-state index in [4.69, 9.17) is 9.47 Å². The molecule has 0 amide bonds. The minimum absolute atomic E-state index is 0.436. The van der Waals surface area contributed by atoms with Crippen LogP contribution in [0.3, 0.4) is 0 Å². The van der Waals surface area contributed by atoms with Crippen LogP contribution in [0.1, 0.15) is 25.0 Å². The molecule has 5 nitrogen and oxygen atoms in total. The molecule has 1 N–H and O–H groups in total. The first-order valence-corrected chi connectivity index (χ1v) is 8.28. The van der Waals surface area contributed by atoms with E-state index in [0.717, 1.165) is 69.4 Å². The normalized spacial score (nSPS) is 20.4. The van der Waals surface area contributed by atoms with E-state index in [1.54, 1.807) is 0 Å². The van der Waals surface area contributed by atoms with Crippen molar-refractivity contribution >= 4 is 5.69 Å². The highest BCUT2D eigenvalue weighted by atomic mass is 16.5. The van der Waals surface area contributed by atoms with Gasteiger partial charge in [-0.1, -0.05) is 6.07 Å². The summed E-state index contributed by atoms with van der Waals surface area (Å²) in [5.74, 6) is 0.899. The smallest absolute Gasteiger partial charge is 0.143 e. The number of hydrogen-bond acceptors (Lipinski definition) is 5. The maximum Gasteiger partial charge on any atom is 0.143 e. The van der Waals surface area contributed by atoms with Gasteiger partial charge in [-0.3, -0.25) is 4.90 Å². The molecule has 1 aromatic rings. The van der Waals surface area contributed by atoms with Gasteiger partial charge in [0.1, 0.15) is 12.4 Å². The second-order valence-electron chi connectivity index (χ2n) is 5.91. The van der Waals surface area contributed by atoms with Gasteiger partial charge < -0.3 is 19.5 Å². The lowest BCUT2D eigenvalue weighted by molar-refractivity contribution is 0.0300. The van der Waals surface area contributed by atoms with Gasteiger partial charge in [0.2, 0.25) is 0 Å². The third-order valence-electron chi connectivity index (χ3n) is 4.53. The molecule has 3 rings (SSSR count). The number of fused-ring (bicyclic) bond motifs is 1. The molecule has 2 aliphatic heterocycles. The van der Waals surface area contributed by atoms with E-state index in [2.05, 4.69) is 22.8 Å². The predicted molar refractivity (Wildman–Crippen MR) is 86.7 cm³/mol. The Morgan fingerprint density at radius 2 is 2.00 bits per heavy atom. The third kappa shape index (κ3) is 3.54. The molecule has 1 unspecified atom stereocenters. The van der Waals surface area contributed by atoms with Gasteiger partial charge in [-0.2, -0.15) is 0 Å². The van der Waals surface area contributed by atoms with Crippen LogP contribution in [0.2, 0.25) is 0 Å². The van der Waals surface area contributed by atoms with Crippen molar-refractivity contribution in [2.75, 3.05) is 57.4 Å². The summed E-state index contributed by atoms with van der Waals surface area (Å²) < 4.78 is 11.1. The number of ether oxygens (including phenoxy) is 2. The van der Waals surface area contributed by atoms with Gasteiger partial charge in [0.15, 0.2) is 0 Å². The average Bonchev–Trinajstić information content (AvgIpc) is 2.59. The molecule has 5 heteroatoms. The maximum absolute atomic E-state index is 10.4. The average molecular weight is 306 g/mol. The van der Waals surface area contributed by atoms with E-state index in [-0.39, 0.29) is 0 Å². The van der Waals surface area contributed by atoms with Gasteiger partial charge in [0.25, 0.3) is 0 Å². The first kappa shape index (κ1) is 15.6. The van der Waals surface area contributed by atoms with Crippen LogP contribution in [0.25, 0.3) is 0 Å². The van der Waals surface area contributed by atoms with Crippen LogP contribution >= 0.6 is 0 Å². The van der Waals surface area contributed by atoms with E-state index >= 15 is 0 Å². The van der Waals surface area contributed by atoms with Crippen molar-refractivity contribution in [2.45, 2.75) is 19.4 Å². The van der Waals surface area contributed by atoms with Crippen LogP contribution in [-0.2, 0) is 4.74 Å². The summed E-state index contributed by atoms with van der Waals surface area (Å²) in [4.78, 5) is 4.66. The van der Waals surface area contributed by atoms with Crippen LogP contribution in [0.4, 0.5) is 5.69 Å². The van der Waals surface area contributed by atoms with Gasteiger partial charge in [-0.05, 0) is 31.0 Å². The zero-order chi connectivity index (χ0) is 15.4. The fourth-order valence-electron chi connectivity index (χ4n) is 3.13. The summed E-state index contributed by atoms with van der Waals surface area (Å²) in [5.41, 5.74) is 2.09. The summed E-state index contributed by atoms with van der Waals surface area (Å²) in [5, 5.41) is 10.4. The number of aliphatic hydroxyl groups is 1. The molecule has 2 aliphatic rings. The van der Waals surface area contributed by atoms with E-state index in [1.165, 1.54) is 0 Å². The van der Waals surface area contributed by atoms with Gasteiger partial charge in [0, 0.05) is 26.2 Å². The van der Waals surface area contributed by atoms with Gasteiger partial charge in [-0.25, -0.2) is 0 Å². The SMILES string of the molecule is CCN1CCOc2cc(C(O)CCN3CCOCC3)ccc21. The second kappa shape index (κ2) is 7.31. The number of likely N-dealkylation sites (N-methyl/N-ethyl adjacent to an activating group) is 1. The van der Waals surface area contributed by atoms with Crippen molar-refractivity contribution in [3.8, 4) is 5.75 Å². The fraction of sp³-hybridized carbons (Fsp3) is 0.647. The fourth-order valence-corrected chi connectivity index (χ4v) is 3.13. The number of benzene rings is 1. The number of nitrogens with zero attached hydrogens (tertiary/aromatic N) is 2. The molecule has 0 aromatic heterocycles. The number of morpholine rings is 1. The molecule has 0 bridgehead atoms. The highest BCUT2D eigenvalue weighted by molar-refractivity contribution is 5.61. The van der Waals surface area contributed by atoms with Crippen LogP contribution in [-0.4, -0.2) is 62.6 Å². The zero-order valence-electron chi connectivity index (χ0n) is 13.3. The minimum atomic E-state index is -0.436. The standard InChI is InChI=1S/C17H26N2O3/c1-2-19-9-12-22-17-13-14(3-4-15(17)19)16(20)5-6-18-7-10-21-11-8-18/h3-4,13,16,20H,2,5-12H2,1H3. The molecule has 0 saturated carbocycles. The molecule has 1 fully saturated rings. The zero-order valence-corrected chi connectivity index (χ0v) is 13.3. The molecular formula is C17H26N2O3. The summed E-state index contributed by atoms with van der Waals surface area (Å²) in [6.07, 6.45) is 0.310. The van der Waals surface area contributed by atoms with Gasteiger partial charge in [-0.15, -0.1) is 0 Å². The van der Waals surface area contributed by atoms with Crippen molar-refractivity contribution in [1.82, 2.24) is 4.90 Å². The highest BCUT2D eigenvalue weighted by Crippen LogP contribution is 2.34. The minimum Gasteiger partial charge on any atom is -0.490 e. The van der Waals surface area contributed by atoms with Gasteiger partial charge in [0.05, 0.1) is 31.5 Å². The van der Waals surface area contributed by atoms with Gasteiger partial charge >= 0.3 is 0 Å². The predicted octanol–water partition coefficient (Wildman–Crippen LogP) is 1.66. The molecule has 2 heterocycles. The van der Waals surface area contributed by atoms with Crippen LogP contribution in [0, 0.1) is 0 Å². The van der Waals surface area contributed by atoms with Crippen molar-refractivity contribution in [1.29, 1.82) is 0 Å². The lowest BCUT2D eigenvalue weighted by atomic mass is 10.0. The molecule has 1 atom stereocenters. The quantitative estimate of drug-likeness (QED) is 0.896. The van der Waals surface area contributed by atoms with Crippen LogP contribution in [0.15, 0.2) is 18.2 Å². The number of anilines is 1. The molecule has 1 saturated heterocycles. The van der Waals surface area contributed by atoms with Crippen LogP contribution < -0.4 is 9.64 Å². The summed E-state index contributed by atoms with van der Waals surface area (Å²) in [6, 6.07) is 6.10. The van der Waals surface area contributed by atoms with Crippen LogP contribution in [0.5, 0.6) is 5.75 Å². The number of rotatable bonds is 5. The Bertz CT molecular complexity index is 489. The summed E-state index contributed by atoms with van der Waals surface area (Å²) >= 11 is 0. The lowest BCUT2D eigenvalue weighted by Gasteiger charge is -2.31. The number of hydrogen-bond donors (Lipinski definition) is 1. The summed E-state index contributed by atoms with van der Waals surface area (Å²) in [7, 11) is 0. The second-order valence-corrected chi connectivity index (χ2v) is 5.91. The molecule has 22 heavy (non-hydrogen) atoms. The Morgan fingerprint density at radius 1 is 1.18 bits per heavy atom. The van der Waals surface area contributed by atoms with Crippen molar-refractivity contribution in [2.24, 2.45) is 0 Å². The Balaban J connectivity index is 1.61. The monoisotopic (exact) mass is 306 g/mol. The maximum atomic E-state index is 10.4. The molecule has 0 aliphatic carbocycles. The third-order valence-corrected chi connectivity index (χ3v) is 4.53. The molecule has 1 aromatic carbocycles. The van der Waals surface area contributed by atoms with E-state index in [9.17, 15) is 5.11 Å². The Labute approximate surface area is 132 Å². The molecule has 0 radical (unpaired) electrons. The number of aliphatic hydroxyl groups excluding tert-OH is 1. The first-order valence-electron chi connectivity index (χ1n) is 8.28. The van der Waals surface area contributed by atoms with E-state index < -0.39 is 6.10 Å². The van der Waals surface area contributed by atoms with Crippen molar-refractivity contribution < 1.29 is 14.6 Å². The van der Waals surface area contributed by atoms with Crippen molar-refractivity contribution in [3.63, 3.8) is 0 Å².